The highest BCUT2D eigenvalue weighted by Crippen LogP contribution is 2.02. The maximum atomic E-state index is 4.61. The van der Waals surface area contributed by atoms with E-state index in [0.29, 0.717) is 12.2 Å². The molecule has 0 unspecified atom stereocenters. The molecule has 12 heavy (non-hydrogen) atoms. The molecule has 0 aromatic carbocycles. The van der Waals surface area contributed by atoms with Gasteiger partial charge in [0.1, 0.15) is 0 Å². The maximum absolute atomic E-state index is 4.61. The first kappa shape index (κ1) is 6.97. The number of rotatable bonds is 2. The van der Waals surface area contributed by atoms with Gasteiger partial charge in [0.15, 0.2) is 5.82 Å². The molecule has 4 nitrogen and oxygen atoms in total. The van der Waals surface area contributed by atoms with Crippen LogP contribution in [0.4, 0.5) is 0 Å². The van der Waals surface area contributed by atoms with Crippen molar-refractivity contribution in [2.24, 2.45) is 0 Å². The van der Waals surface area contributed by atoms with Crippen LogP contribution in [0.25, 0.3) is 0 Å². The number of pyridine rings is 1. The van der Waals surface area contributed by atoms with Crippen LogP contribution in [0.15, 0.2) is 35.4 Å². The van der Waals surface area contributed by atoms with Crippen molar-refractivity contribution in [1.82, 2.24) is 15.1 Å². The predicted octanol–water partition coefficient (Wildman–Crippen LogP) is 1.06. The fraction of sp³-hybridized carbons (Fsp3) is 0.125. The third kappa shape index (κ3) is 1.47. The van der Waals surface area contributed by atoms with Crippen molar-refractivity contribution in [1.29, 1.82) is 0 Å². The molecule has 2 aromatic heterocycles. The molecule has 2 heterocycles. The summed E-state index contributed by atoms with van der Waals surface area (Å²) in [6.45, 7) is 0. The summed E-state index contributed by atoms with van der Waals surface area (Å²) in [4.78, 5) is 7.82. The molecule has 60 valence electrons. The Bertz CT molecular complexity index is 330. The van der Waals surface area contributed by atoms with Gasteiger partial charge in [0.2, 0.25) is 6.39 Å². The minimum absolute atomic E-state index is 0.693. The molecule has 0 radical (unpaired) electrons. The van der Waals surface area contributed by atoms with E-state index in [9.17, 15) is 0 Å². The van der Waals surface area contributed by atoms with Crippen molar-refractivity contribution in [2.75, 3.05) is 0 Å². The average Bonchev–Trinajstić information content (AvgIpc) is 2.59. The molecule has 0 aliphatic carbocycles. The summed E-state index contributed by atoms with van der Waals surface area (Å²) in [5, 5.41) is 3.70. The van der Waals surface area contributed by atoms with E-state index in [-0.39, 0.29) is 0 Å². The summed E-state index contributed by atoms with van der Waals surface area (Å²) in [5.41, 5.74) is 1.13. The van der Waals surface area contributed by atoms with Crippen LogP contribution in [0.2, 0.25) is 0 Å². The number of hydrogen-bond acceptors (Lipinski definition) is 4. The van der Waals surface area contributed by atoms with Crippen LogP contribution in [0.1, 0.15) is 11.4 Å². The summed E-state index contributed by atoms with van der Waals surface area (Å²) in [5.74, 6) is 0.696. The minimum Gasteiger partial charge on any atom is -0.343 e. The van der Waals surface area contributed by atoms with Crippen LogP contribution in [0, 0.1) is 0 Å². The van der Waals surface area contributed by atoms with Gasteiger partial charge in [-0.2, -0.15) is 4.98 Å². The largest absolute Gasteiger partial charge is 0.343 e. The first-order valence-electron chi connectivity index (χ1n) is 3.59. The molecule has 0 fully saturated rings. The second-order valence-electron chi connectivity index (χ2n) is 2.38. The van der Waals surface area contributed by atoms with Crippen molar-refractivity contribution < 1.29 is 4.52 Å². The highest BCUT2D eigenvalue weighted by atomic mass is 16.5. The molecular weight excluding hydrogens is 154 g/mol. The lowest BCUT2D eigenvalue weighted by atomic mass is 10.2. The number of nitrogens with zero attached hydrogens (tertiary/aromatic N) is 3. The molecule has 0 saturated carbocycles. The van der Waals surface area contributed by atoms with Gasteiger partial charge in [-0.25, -0.2) is 0 Å². The van der Waals surface area contributed by atoms with Crippen LogP contribution in [0.3, 0.4) is 0 Å². The van der Waals surface area contributed by atoms with Gasteiger partial charge in [0, 0.05) is 18.8 Å². The highest BCUT2D eigenvalue weighted by Gasteiger charge is 1.98. The Labute approximate surface area is 69.3 Å². The van der Waals surface area contributed by atoms with Crippen LogP contribution >= 0.6 is 0 Å². The molecular formula is C8H7N3O. The molecule has 0 saturated heterocycles. The van der Waals surface area contributed by atoms with Crippen molar-refractivity contribution in [3.63, 3.8) is 0 Å². The Balaban J connectivity index is 2.15. The lowest BCUT2D eigenvalue weighted by Gasteiger charge is -1.92. The third-order valence-corrected chi connectivity index (χ3v) is 1.52. The Morgan fingerprint density at radius 2 is 2.08 bits per heavy atom. The molecule has 0 bridgehead atoms. The van der Waals surface area contributed by atoms with E-state index < -0.39 is 0 Å². The topological polar surface area (TPSA) is 51.8 Å². The smallest absolute Gasteiger partial charge is 0.213 e. The second kappa shape index (κ2) is 3.13. The van der Waals surface area contributed by atoms with Crippen LogP contribution in [-0.2, 0) is 6.42 Å². The highest BCUT2D eigenvalue weighted by molar-refractivity contribution is 5.14. The van der Waals surface area contributed by atoms with E-state index in [4.69, 9.17) is 0 Å². The zero-order chi connectivity index (χ0) is 8.23. The van der Waals surface area contributed by atoms with Gasteiger partial charge in [0.25, 0.3) is 0 Å². The minimum atomic E-state index is 0.693. The summed E-state index contributed by atoms with van der Waals surface area (Å²) in [7, 11) is 0. The van der Waals surface area contributed by atoms with Gasteiger partial charge in [-0.1, -0.05) is 5.16 Å². The molecule has 0 amide bonds. The SMILES string of the molecule is c1cc(Cc2ncon2)ccn1. The lowest BCUT2D eigenvalue weighted by Crippen LogP contribution is -1.89. The molecule has 0 aliphatic heterocycles. The fourth-order valence-corrected chi connectivity index (χ4v) is 0.954. The van der Waals surface area contributed by atoms with E-state index in [1.165, 1.54) is 6.39 Å². The quantitative estimate of drug-likeness (QED) is 0.660. The zero-order valence-corrected chi connectivity index (χ0v) is 6.34. The predicted molar refractivity (Wildman–Crippen MR) is 41.3 cm³/mol. The van der Waals surface area contributed by atoms with Gasteiger partial charge >= 0.3 is 0 Å². The van der Waals surface area contributed by atoms with Crippen molar-refractivity contribution in [2.45, 2.75) is 6.42 Å². The van der Waals surface area contributed by atoms with Crippen molar-refractivity contribution in [3.05, 3.63) is 42.3 Å². The molecule has 0 N–H and O–H groups in total. The van der Waals surface area contributed by atoms with Crippen molar-refractivity contribution >= 4 is 0 Å². The number of hydrogen-bond donors (Lipinski definition) is 0. The summed E-state index contributed by atoms with van der Waals surface area (Å²) in [6, 6.07) is 3.85. The van der Waals surface area contributed by atoms with E-state index in [1.54, 1.807) is 12.4 Å². The summed E-state index contributed by atoms with van der Waals surface area (Å²) in [6.07, 6.45) is 5.51. The van der Waals surface area contributed by atoms with E-state index in [2.05, 4.69) is 19.6 Å². The van der Waals surface area contributed by atoms with Gasteiger partial charge in [0.05, 0.1) is 0 Å². The fourth-order valence-electron chi connectivity index (χ4n) is 0.954. The molecule has 2 aromatic rings. The van der Waals surface area contributed by atoms with Crippen LogP contribution < -0.4 is 0 Å². The summed E-state index contributed by atoms with van der Waals surface area (Å²) < 4.78 is 4.61. The first-order valence-corrected chi connectivity index (χ1v) is 3.59. The Morgan fingerprint density at radius 1 is 1.25 bits per heavy atom. The van der Waals surface area contributed by atoms with E-state index in [1.807, 2.05) is 12.1 Å². The van der Waals surface area contributed by atoms with Gasteiger partial charge in [-0.15, -0.1) is 0 Å². The molecule has 4 heteroatoms. The Hall–Kier alpha value is -1.71. The normalized spacial score (nSPS) is 10.0. The molecule has 0 aliphatic rings. The molecule has 0 spiro atoms. The van der Waals surface area contributed by atoms with Gasteiger partial charge in [-0.3, -0.25) is 4.98 Å². The average molecular weight is 161 g/mol. The van der Waals surface area contributed by atoms with Crippen LogP contribution in [0.5, 0.6) is 0 Å². The number of aromatic nitrogens is 3. The second-order valence-corrected chi connectivity index (χ2v) is 2.38. The monoisotopic (exact) mass is 161 g/mol. The maximum Gasteiger partial charge on any atom is 0.213 e. The van der Waals surface area contributed by atoms with E-state index >= 15 is 0 Å². The van der Waals surface area contributed by atoms with Gasteiger partial charge < -0.3 is 4.52 Å². The summed E-state index contributed by atoms with van der Waals surface area (Å²) >= 11 is 0. The van der Waals surface area contributed by atoms with Gasteiger partial charge in [-0.05, 0) is 17.7 Å². The van der Waals surface area contributed by atoms with Crippen molar-refractivity contribution in [3.8, 4) is 0 Å². The van der Waals surface area contributed by atoms with E-state index in [0.717, 1.165) is 5.56 Å². The Kier molecular flexibility index (Phi) is 1.82. The van der Waals surface area contributed by atoms with Crippen LogP contribution in [-0.4, -0.2) is 15.1 Å². The molecule has 2 rings (SSSR count). The Morgan fingerprint density at radius 3 is 2.75 bits per heavy atom. The first-order chi connectivity index (χ1) is 5.95. The third-order valence-electron chi connectivity index (χ3n) is 1.52. The molecule has 0 atom stereocenters. The standard InChI is InChI=1S/C8H7N3O/c1-3-9-4-2-7(1)5-8-10-6-12-11-8/h1-4,6H,5H2. The lowest BCUT2D eigenvalue weighted by molar-refractivity contribution is 0.411. The zero-order valence-electron chi connectivity index (χ0n) is 6.34.